The normalized spacial score (nSPS) is 29.6. The summed E-state index contributed by atoms with van der Waals surface area (Å²) >= 11 is 0. The zero-order valence-electron chi connectivity index (χ0n) is 12.2. The van der Waals surface area contributed by atoms with Gasteiger partial charge < -0.3 is 24.4 Å². The fourth-order valence-corrected chi connectivity index (χ4v) is 2.78. The average Bonchev–Trinajstić information content (AvgIpc) is 2.81. The highest BCUT2D eigenvalue weighted by Gasteiger charge is 2.43. The maximum Gasteiger partial charge on any atom is 0.326 e. The second kappa shape index (κ2) is 5.57. The Kier molecular flexibility index (Phi) is 4.19. The number of aliphatic carboxylic acids is 1. The number of urea groups is 1. The molecular weight excluding hydrogens is 264 g/mol. The first-order valence-electron chi connectivity index (χ1n) is 6.79. The van der Waals surface area contributed by atoms with Crippen molar-refractivity contribution in [2.24, 2.45) is 0 Å². The molecule has 7 nitrogen and oxygen atoms in total. The molecule has 0 aromatic rings. The predicted molar refractivity (Wildman–Crippen MR) is 70.5 cm³/mol. The maximum atomic E-state index is 12.5. The quantitative estimate of drug-likeness (QED) is 0.794. The summed E-state index contributed by atoms with van der Waals surface area (Å²) in [5.41, 5.74) is -0.396. The van der Waals surface area contributed by atoms with Crippen LogP contribution in [0.25, 0.3) is 0 Å². The molecule has 0 radical (unpaired) electrons. The van der Waals surface area contributed by atoms with Gasteiger partial charge in [0.1, 0.15) is 6.04 Å². The van der Waals surface area contributed by atoms with Crippen LogP contribution in [0.5, 0.6) is 0 Å². The van der Waals surface area contributed by atoms with Gasteiger partial charge in [0.2, 0.25) is 0 Å². The molecule has 0 aliphatic carbocycles. The van der Waals surface area contributed by atoms with Crippen LogP contribution in [-0.2, 0) is 14.3 Å². The Hall–Kier alpha value is -1.34. The Morgan fingerprint density at radius 2 is 2.10 bits per heavy atom. The highest BCUT2D eigenvalue weighted by atomic mass is 16.5. The van der Waals surface area contributed by atoms with Crippen LogP contribution >= 0.6 is 0 Å². The lowest BCUT2D eigenvalue weighted by Gasteiger charge is -2.40. The molecule has 0 bridgehead atoms. The number of methoxy groups -OCH3 is 1. The van der Waals surface area contributed by atoms with Gasteiger partial charge in [0.05, 0.1) is 24.9 Å². The summed E-state index contributed by atoms with van der Waals surface area (Å²) in [6.07, 6.45) is 0.125. The predicted octanol–water partition coefficient (Wildman–Crippen LogP) is 0.391. The molecule has 2 rings (SSSR count). The van der Waals surface area contributed by atoms with Crippen molar-refractivity contribution in [3.8, 4) is 0 Å². The highest BCUT2D eigenvalue weighted by molar-refractivity contribution is 5.83. The van der Waals surface area contributed by atoms with E-state index in [1.807, 2.05) is 13.8 Å². The van der Waals surface area contributed by atoms with Crippen molar-refractivity contribution in [3.63, 3.8) is 0 Å². The highest BCUT2D eigenvalue weighted by Crippen LogP contribution is 2.24. The molecule has 2 aliphatic heterocycles. The van der Waals surface area contributed by atoms with Gasteiger partial charge in [0.15, 0.2) is 0 Å². The zero-order chi connectivity index (χ0) is 14.9. The van der Waals surface area contributed by atoms with E-state index in [2.05, 4.69) is 0 Å². The number of hydrogen-bond acceptors (Lipinski definition) is 4. The summed E-state index contributed by atoms with van der Waals surface area (Å²) in [6.45, 7) is 5.59. The molecule has 2 unspecified atom stereocenters. The second-order valence-corrected chi connectivity index (χ2v) is 5.91. The van der Waals surface area contributed by atoms with Crippen LogP contribution in [0.4, 0.5) is 4.79 Å². The van der Waals surface area contributed by atoms with Crippen LogP contribution in [0.15, 0.2) is 0 Å². The van der Waals surface area contributed by atoms with Crippen LogP contribution < -0.4 is 0 Å². The molecule has 7 heteroatoms. The maximum absolute atomic E-state index is 12.5. The molecule has 2 fully saturated rings. The minimum atomic E-state index is -0.981. The van der Waals surface area contributed by atoms with E-state index in [9.17, 15) is 14.7 Å². The van der Waals surface area contributed by atoms with E-state index in [0.29, 0.717) is 32.7 Å². The smallest absolute Gasteiger partial charge is 0.326 e. The second-order valence-electron chi connectivity index (χ2n) is 5.91. The topological polar surface area (TPSA) is 79.3 Å². The Bertz CT molecular complexity index is 398. The van der Waals surface area contributed by atoms with Gasteiger partial charge in [-0.2, -0.15) is 0 Å². The standard InChI is InChI=1S/C13H22N2O5/c1-13(2)8-14(4-5-20-13)12(18)15-7-9(19-3)6-10(15)11(16)17/h9-10H,4-8H2,1-3H3,(H,16,17). The van der Waals surface area contributed by atoms with Gasteiger partial charge in [-0.15, -0.1) is 0 Å². The number of morpholine rings is 1. The van der Waals surface area contributed by atoms with E-state index in [0.717, 1.165) is 0 Å². The summed E-state index contributed by atoms with van der Waals surface area (Å²) in [6, 6.07) is -1.05. The van der Waals surface area contributed by atoms with Crippen LogP contribution in [0.2, 0.25) is 0 Å². The van der Waals surface area contributed by atoms with Crippen LogP contribution in [0, 0.1) is 0 Å². The SMILES string of the molecule is COC1CC(C(=O)O)N(C(=O)N2CCOC(C)(C)C2)C1. The molecule has 0 saturated carbocycles. The Labute approximate surface area is 118 Å². The van der Waals surface area contributed by atoms with Crippen molar-refractivity contribution >= 4 is 12.0 Å². The van der Waals surface area contributed by atoms with Gasteiger partial charge in [0, 0.05) is 26.6 Å². The number of carboxylic acids is 1. The summed E-state index contributed by atoms with van der Waals surface area (Å²) < 4.78 is 10.8. The van der Waals surface area contributed by atoms with Crippen molar-refractivity contribution in [1.29, 1.82) is 0 Å². The third-order valence-electron chi connectivity index (χ3n) is 3.82. The van der Waals surface area contributed by atoms with Gasteiger partial charge in [-0.05, 0) is 13.8 Å². The monoisotopic (exact) mass is 286 g/mol. The lowest BCUT2D eigenvalue weighted by Crippen LogP contribution is -2.56. The molecule has 0 aromatic carbocycles. The van der Waals surface area contributed by atoms with E-state index in [4.69, 9.17) is 9.47 Å². The van der Waals surface area contributed by atoms with E-state index in [-0.39, 0.29) is 12.1 Å². The van der Waals surface area contributed by atoms with E-state index < -0.39 is 17.6 Å². The molecule has 2 heterocycles. The number of amides is 2. The molecule has 1 N–H and O–H groups in total. The van der Waals surface area contributed by atoms with Crippen molar-refractivity contribution in [1.82, 2.24) is 9.80 Å². The van der Waals surface area contributed by atoms with Crippen molar-refractivity contribution in [3.05, 3.63) is 0 Å². The molecule has 2 saturated heterocycles. The molecule has 114 valence electrons. The minimum Gasteiger partial charge on any atom is -0.480 e. The summed E-state index contributed by atoms with van der Waals surface area (Å²) in [7, 11) is 1.54. The summed E-state index contributed by atoms with van der Waals surface area (Å²) in [5, 5.41) is 9.25. The minimum absolute atomic E-state index is 0.214. The van der Waals surface area contributed by atoms with Crippen LogP contribution in [0.3, 0.4) is 0 Å². The van der Waals surface area contributed by atoms with E-state index in [1.165, 1.54) is 12.0 Å². The molecule has 0 spiro atoms. The van der Waals surface area contributed by atoms with Gasteiger partial charge in [-0.3, -0.25) is 0 Å². The zero-order valence-corrected chi connectivity index (χ0v) is 12.2. The van der Waals surface area contributed by atoms with Crippen molar-refractivity contribution < 1.29 is 24.2 Å². The number of carbonyl (C=O) groups excluding carboxylic acids is 1. The van der Waals surface area contributed by atoms with Gasteiger partial charge in [-0.25, -0.2) is 9.59 Å². The number of rotatable bonds is 2. The molecular formula is C13H22N2O5. The number of ether oxygens (including phenoxy) is 2. The number of hydrogen-bond donors (Lipinski definition) is 1. The molecule has 2 atom stereocenters. The van der Waals surface area contributed by atoms with Gasteiger partial charge in [-0.1, -0.05) is 0 Å². The summed E-state index contributed by atoms with van der Waals surface area (Å²) in [4.78, 5) is 26.9. The lowest BCUT2D eigenvalue weighted by molar-refractivity contribution is -0.141. The number of likely N-dealkylation sites (tertiary alicyclic amines) is 1. The van der Waals surface area contributed by atoms with Gasteiger partial charge >= 0.3 is 12.0 Å². The summed E-state index contributed by atoms with van der Waals surface area (Å²) in [5.74, 6) is -0.981. The molecule has 2 amide bonds. The van der Waals surface area contributed by atoms with Gasteiger partial charge in [0.25, 0.3) is 0 Å². The van der Waals surface area contributed by atoms with E-state index in [1.54, 1.807) is 4.90 Å². The number of nitrogens with zero attached hydrogens (tertiary/aromatic N) is 2. The first-order valence-corrected chi connectivity index (χ1v) is 6.79. The Morgan fingerprint density at radius 3 is 2.65 bits per heavy atom. The number of carbonyl (C=O) groups is 2. The first-order chi connectivity index (χ1) is 9.34. The lowest BCUT2D eigenvalue weighted by atomic mass is 10.1. The third-order valence-corrected chi connectivity index (χ3v) is 3.82. The van der Waals surface area contributed by atoms with Crippen LogP contribution in [0.1, 0.15) is 20.3 Å². The molecule has 0 aromatic heterocycles. The van der Waals surface area contributed by atoms with Crippen molar-refractivity contribution in [2.45, 2.75) is 38.0 Å². The van der Waals surface area contributed by atoms with Crippen LogP contribution in [-0.4, -0.2) is 78.0 Å². The molecule has 2 aliphatic rings. The molecule has 20 heavy (non-hydrogen) atoms. The third kappa shape index (κ3) is 3.04. The van der Waals surface area contributed by atoms with E-state index >= 15 is 0 Å². The Balaban J connectivity index is 2.08. The van der Waals surface area contributed by atoms with Crippen molar-refractivity contribution in [2.75, 3.05) is 33.4 Å². The average molecular weight is 286 g/mol. The fourth-order valence-electron chi connectivity index (χ4n) is 2.78. The Morgan fingerprint density at radius 1 is 1.40 bits per heavy atom. The number of carboxylic acid groups (broad SMARTS) is 1. The fraction of sp³-hybridized carbons (Fsp3) is 0.846. The first kappa shape index (κ1) is 15.1. The largest absolute Gasteiger partial charge is 0.480 e.